The van der Waals surface area contributed by atoms with Gasteiger partial charge in [0.05, 0.1) is 12.6 Å². The van der Waals surface area contributed by atoms with Crippen molar-refractivity contribution in [3.63, 3.8) is 0 Å². The van der Waals surface area contributed by atoms with Crippen molar-refractivity contribution in [2.75, 3.05) is 6.54 Å². The number of hydrogen-bond donors (Lipinski definition) is 0. The molecule has 0 N–H and O–H groups in total. The average molecular weight is 303 g/mol. The second-order valence-electron chi connectivity index (χ2n) is 5.70. The maximum absolute atomic E-state index is 12.4. The minimum absolute atomic E-state index is 0.214. The van der Waals surface area contributed by atoms with Crippen LogP contribution in [0, 0.1) is 6.92 Å². The molecule has 1 aliphatic heterocycles. The van der Waals surface area contributed by atoms with Gasteiger partial charge in [0, 0.05) is 31.8 Å². The van der Waals surface area contributed by atoms with E-state index in [2.05, 4.69) is 15.2 Å². The largest absolute Gasteiger partial charge is 0.339 e. The summed E-state index contributed by atoms with van der Waals surface area (Å²) >= 11 is 0. The van der Waals surface area contributed by atoms with Gasteiger partial charge in [-0.1, -0.05) is 5.16 Å². The van der Waals surface area contributed by atoms with Crippen molar-refractivity contribution >= 4 is 5.91 Å². The predicted octanol–water partition coefficient (Wildman–Crippen LogP) is 1.59. The normalized spacial score (nSPS) is 18.0. The lowest BCUT2D eigenvalue weighted by molar-refractivity contribution is -0.132. The van der Waals surface area contributed by atoms with Gasteiger partial charge >= 0.3 is 0 Å². The number of aryl methyl sites for hydroxylation is 2. The molecule has 1 saturated heterocycles. The lowest BCUT2D eigenvalue weighted by Gasteiger charge is -2.24. The van der Waals surface area contributed by atoms with Crippen molar-refractivity contribution < 1.29 is 9.32 Å². The highest BCUT2D eigenvalue weighted by molar-refractivity contribution is 5.76. The van der Waals surface area contributed by atoms with Crippen molar-refractivity contribution in [3.8, 4) is 0 Å². The molecule has 1 amide bonds. The van der Waals surface area contributed by atoms with E-state index in [9.17, 15) is 4.79 Å². The number of aromatic nitrogens is 4. The molecular weight excluding hydrogens is 282 g/mol. The molecule has 7 heteroatoms. The summed E-state index contributed by atoms with van der Waals surface area (Å²) in [7, 11) is 0. The van der Waals surface area contributed by atoms with Crippen LogP contribution in [0.4, 0.5) is 0 Å². The van der Waals surface area contributed by atoms with E-state index >= 15 is 0 Å². The molecule has 0 saturated carbocycles. The summed E-state index contributed by atoms with van der Waals surface area (Å²) in [5.74, 6) is 1.46. The van der Waals surface area contributed by atoms with E-state index in [0.717, 1.165) is 32.4 Å². The van der Waals surface area contributed by atoms with E-state index in [1.54, 1.807) is 13.1 Å². The van der Waals surface area contributed by atoms with E-state index < -0.39 is 0 Å². The molecule has 0 spiro atoms. The summed E-state index contributed by atoms with van der Waals surface area (Å²) < 4.78 is 6.97. The monoisotopic (exact) mass is 303 g/mol. The van der Waals surface area contributed by atoms with Crippen molar-refractivity contribution in [2.45, 2.75) is 51.6 Å². The number of nitrogens with zero attached hydrogens (tertiary/aromatic N) is 5. The van der Waals surface area contributed by atoms with Gasteiger partial charge in [0.25, 0.3) is 0 Å². The highest BCUT2D eigenvalue weighted by Crippen LogP contribution is 2.20. The van der Waals surface area contributed by atoms with Crippen LogP contribution in [0.15, 0.2) is 23.0 Å². The van der Waals surface area contributed by atoms with E-state index in [1.165, 1.54) is 0 Å². The Kier molecular flexibility index (Phi) is 4.50. The number of hydrogen-bond acceptors (Lipinski definition) is 5. The number of likely N-dealkylation sites (tertiary alicyclic amines) is 1. The standard InChI is InChI=1S/C15H21N5O2/c1-12-17-14(22-18-12)6-2-7-15(21)20-10-3-5-13(20)11-19-9-4-8-16-19/h4,8-9,13H,2-3,5-7,10-11H2,1H3/t13-/m0/s1. The van der Waals surface area contributed by atoms with Crippen LogP contribution in [-0.2, 0) is 17.8 Å². The summed E-state index contributed by atoms with van der Waals surface area (Å²) in [6.45, 7) is 3.42. The van der Waals surface area contributed by atoms with E-state index in [1.807, 2.05) is 21.8 Å². The fourth-order valence-electron chi connectivity index (χ4n) is 2.95. The van der Waals surface area contributed by atoms with Gasteiger partial charge in [-0.05, 0) is 32.3 Å². The molecule has 3 heterocycles. The molecule has 3 rings (SSSR count). The topological polar surface area (TPSA) is 77.0 Å². The predicted molar refractivity (Wildman–Crippen MR) is 78.9 cm³/mol. The Morgan fingerprint density at radius 3 is 3.14 bits per heavy atom. The van der Waals surface area contributed by atoms with Crippen molar-refractivity contribution in [1.82, 2.24) is 24.8 Å². The third kappa shape index (κ3) is 3.52. The first-order valence-corrected chi connectivity index (χ1v) is 7.78. The molecule has 7 nitrogen and oxygen atoms in total. The van der Waals surface area contributed by atoms with Gasteiger partial charge in [-0.3, -0.25) is 9.48 Å². The zero-order chi connectivity index (χ0) is 15.4. The Morgan fingerprint density at radius 1 is 1.50 bits per heavy atom. The quantitative estimate of drug-likeness (QED) is 0.810. The summed E-state index contributed by atoms with van der Waals surface area (Å²) in [6.07, 6.45) is 7.76. The smallest absolute Gasteiger partial charge is 0.226 e. The van der Waals surface area contributed by atoms with E-state index in [-0.39, 0.29) is 11.9 Å². The van der Waals surface area contributed by atoms with E-state index in [4.69, 9.17) is 4.52 Å². The molecule has 0 aromatic carbocycles. The fraction of sp³-hybridized carbons (Fsp3) is 0.600. The first-order chi connectivity index (χ1) is 10.7. The Hall–Kier alpha value is -2.18. The third-order valence-electron chi connectivity index (χ3n) is 4.01. The van der Waals surface area contributed by atoms with Crippen LogP contribution >= 0.6 is 0 Å². The van der Waals surface area contributed by atoms with Crippen LogP contribution in [0.5, 0.6) is 0 Å². The van der Waals surface area contributed by atoms with Crippen molar-refractivity contribution in [3.05, 3.63) is 30.2 Å². The molecule has 0 radical (unpaired) electrons. The van der Waals surface area contributed by atoms with Crippen LogP contribution in [0.3, 0.4) is 0 Å². The summed E-state index contributed by atoms with van der Waals surface area (Å²) in [5, 5.41) is 7.98. The minimum atomic E-state index is 0.214. The molecule has 1 fully saturated rings. The average Bonchev–Trinajstić information content (AvgIpc) is 3.22. The van der Waals surface area contributed by atoms with Crippen LogP contribution < -0.4 is 0 Å². The first-order valence-electron chi connectivity index (χ1n) is 7.78. The summed E-state index contributed by atoms with van der Waals surface area (Å²) in [6, 6.07) is 2.17. The molecule has 0 aliphatic carbocycles. The van der Waals surface area contributed by atoms with Gasteiger partial charge in [-0.25, -0.2) is 0 Å². The second kappa shape index (κ2) is 6.72. The van der Waals surface area contributed by atoms with Crippen LogP contribution in [0.2, 0.25) is 0 Å². The molecule has 22 heavy (non-hydrogen) atoms. The highest BCUT2D eigenvalue weighted by Gasteiger charge is 2.28. The summed E-state index contributed by atoms with van der Waals surface area (Å²) in [4.78, 5) is 18.6. The maximum Gasteiger partial charge on any atom is 0.226 e. The molecule has 118 valence electrons. The van der Waals surface area contributed by atoms with E-state index in [0.29, 0.717) is 24.6 Å². The SMILES string of the molecule is Cc1noc(CCCC(=O)N2CCC[C@H]2Cn2cccn2)n1. The zero-order valence-corrected chi connectivity index (χ0v) is 12.8. The Balaban J connectivity index is 1.48. The molecular formula is C15H21N5O2. The lowest BCUT2D eigenvalue weighted by Crippen LogP contribution is -2.38. The lowest BCUT2D eigenvalue weighted by atomic mass is 10.2. The fourth-order valence-corrected chi connectivity index (χ4v) is 2.95. The Bertz CT molecular complexity index is 607. The van der Waals surface area contributed by atoms with Gasteiger partial charge in [0.1, 0.15) is 0 Å². The Morgan fingerprint density at radius 2 is 2.41 bits per heavy atom. The number of amides is 1. The van der Waals surface area contributed by atoms with Gasteiger partial charge in [0.2, 0.25) is 11.8 Å². The van der Waals surface area contributed by atoms with Crippen molar-refractivity contribution in [2.24, 2.45) is 0 Å². The molecule has 1 atom stereocenters. The number of carbonyl (C=O) groups is 1. The number of rotatable bonds is 6. The molecule has 2 aromatic heterocycles. The maximum atomic E-state index is 12.4. The number of carbonyl (C=O) groups excluding carboxylic acids is 1. The molecule has 0 bridgehead atoms. The highest BCUT2D eigenvalue weighted by atomic mass is 16.5. The van der Waals surface area contributed by atoms with Crippen LogP contribution in [0.25, 0.3) is 0 Å². The first kappa shape index (κ1) is 14.7. The van der Waals surface area contributed by atoms with Gasteiger partial charge in [0.15, 0.2) is 5.82 Å². The molecule has 2 aromatic rings. The van der Waals surface area contributed by atoms with Gasteiger partial charge in [-0.2, -0.15) is 10.1 Å². The second-order valence-corrected chi connectivity index (χ2v) is 5.70. The van der Waals surface area contributed by atoms with Crippen LogP contribution in [-0.4, -0.2) is 43.3 Å². The van der Waals surface area contributed by atoms with Crippen molar-refractivity contribution in [1.29, 1.82) is 0 Å². The minimum Gasteiger partial charge on any atom is -0.339 e. The molecule has 0 unspecified atom stereocenters. The molecule has 1 aliphatic rings. The van der Waals surface area contributed by atoms with Crippen LogP contribution in [0.1, 0.15) is 37.4 Å². The van der Waals surface area contributed by atoms with Gasteiger partial charge in [-0.15, -0.1) is 0 Å². The summed E-state index contributed by atoms with van der Waals surface area (Å²) in [5.41, 5.74) is 0. The van der Waals surface area contributed by atoms with Gasteiger partial charge < -0.3 is 9.42 Å². The zero-order valence-electron chi connectivity index (χ0n) is 12.8. The third-order valence-corrected chi connectivity index (χ3v) is 4.01. The Labute approximate surface area is 129 Å².